The van der Waals surface area contributed by atoms with Gasteiger partial charge in [-0.3, -0.25) is 9.47 Å². The number of hydrogen-bond donors (Lipinski definition) is 1. The Morgan fingerprint density at radius 3 is 2.73 bits per heavy atom. The zero-order valence-electron chi connectivity index (χ0n) is 18.2. The number of anilines is 1. The average Bonchev–Trinajstić information content (AvgIpc) is 3.28. The molecule has 1 atom stereocenters. The number of nitrogens with zero attached hydrogens (tertiary/aromatic N) is 5. The van der Waals surface area contributed by atoms with Crippen LogP contribution in [0.3, 0.4) is 0 Å². The number of aromatic nitrogens is 3. The fourth-order valence-electron chi connectivity index (χ4n) is 5.51. The van der Waals surface area contributed by atoms with Crippen molar-refractivity contribution in [2.75, 3.05) is 18.0 Å². The zero-order valence-corrected chi connectivity index (χ0v) is 19.0. The SMILES string of the molecule is CC1OC2(CCN(c3nnc4n3-c3ccc(Cl)cc3CN(C(=O)O)C4)CC2)c2ccccc21. The summed E-state index contributed by atoms with van der Waals surface area (Å²) in [5, 5.41) is 19.1. The van der Waals surface area contributed by atoms with Crippen molar-refractivity contribution in [3.63, 3.8) is 0 Å². The highest BCUT2D eigenvalue weighted by molar-refractivity contribution is 6.30. The third-order valence-electron chi connectivity index (χ3n) is 7.11. The predicted octanol–water partition coefficient (Wildman–Crippen LogP) is 4.50. The molecule has 1 aromatic heterocycles. The molecule has 0 radical (unpaired) electrons. The van der Waals surface area contributed by atoms with Gasteiger partial charge < -0.3 is 14.7 Å². The Bertz CT molecular complexity index is 1250. The van der Waals surface area contributed by atoms with Gasteiger partial charge in [0.05, 0.1) is 30.5 Å². The van der Waals surface area contributed by atoms with E-state index in [0.717, 1.165) is 43.1 Å². The molecule has 1 saturated heterocycles. The van der Waals surface area contributed by atoms with Gasteiger partial charge in [-0.2, -0.15) is 0 Å². The second-order valence-electron chi connectivity index (χ2n) is 8.99. The van der Waals surface area contributed by atoms with E-state index < -0.39 is 6.09 Å². The second-order valence-corrected chi connectivity index (χ2v) is 9.43. The molecule has 9 heteroatoms. The lowest BCUT2D eigenvalue weighted by Gasteiger charge is -2.40. The van der Waals surface area contributed by atoms with Gasteiger partial charge in [-0.25, -0.2) is 4.79 Å². The molecule has 1 unspecified atom stereocenters. The molecular weight excluding hydrogens is 442 g/mol. The number of rotatable bonds is 1. The predicted molar refractivity (Wildman–Crippen MR) is 123 cm³/mol. The standard InChI is InChI=1S/C24H24ClN5O3/c1-15-18-4-2-3-5-19(18)24(33-15)8-10-28(11-9-24)22-27-26-21-14-29(23(31)32)13-16-12-17(25)6-7-20(16)30(21)22/h2-7,12,15H,8-11,13-14H2,1H3,(H,31,32). The normalized spacial score (nSPS) is 20.8. The molecule has 0 aliphatic carbocycles. The Labute approximate surface area is 196 Å². The summed E-state index contributed by atoms with van der Waals surface area (Å²) in [6.45, 7) is 4.07. The molecule has 3 aliphatic rings. The highest BCUT2D eigenvalue weighted by Crippen LogP contribution is 2.49. The van der Waals surface area contributed by atoms with E-state index in [1.165, 1.54) is 16.0 Å². The average molecular weight is 466 g/mol. The Kier molecular flexibility index (Phi) is 4.64. The Morgan fingerprint density at radius 2 is 1.94 bits per heavy atom. The summed E-state index contributed by atoms with van der Waals surface area (Å²) < 4.78 is 8.50. The van der Waals surface area contributed by atoms with Gasteiger partial charge in [-0.1, -0.05) is 35.9 Å². The maximum Gasteiger partial charge on any atom is 0.408 e. The van der Waals surface area contributed by atoms with Gasteiger partial charge in [-0.15, -0.1) is 10.2 Å². The quantitative estimate of drug-likeness (QED) is 0.569. The Morgan fingerprint density at radius 1 is 1.15 bits per heavy atom. The summed E-state index contributed by atoms with van der Waals surface area (Å²) in [5.74, 6) is 1.33. The van der Waals surface area contributed by atoms with Crippen LogP contribution >= 0.6 is 11.6 Å². The lowest BCUT2D eigenvalue weighted by Crippen LogP contribution is -2.43. The fraction of sp³-hybridized carbons (Fsp3) is 0.375. The van der Waals surface area contributed by atoms with Crippen LogP contribution in [0, 0.1) is 0 Å². The first-order chi connectivity index (χ1) is 15.9. The van der Waals surface area contributed by atoms with Crippen molar-refractivity contribution in [3.05, 3.63) is 70.0 Å². The number of fused-ring (bicyclic) bond motifs is 5. The molecule has 33 heavy (non-hydrogen) atoms. The lowest BCUT2D eigenvalue weighted by molar-refractivity contribution is -0.0844. The number of benzene rings is 2. The number of amides is 1. The molecule has 1 fully saturated rings. The number of carboxylic acid groups (broad SMARTS) is 1. The fourth-order valence-corrected chi connectivity index (χ4v) is 5.71. The minimum absolute atomic E-state index is 0.0933. The molecule has 1 spiro atoms. The number of piperidine rings is 1. The minimum atomic E-state index is -0.995. The van der Waals surface area contributed by atoms with Gasteiger partial charge in [0, 0.05) is 18.1 Å². The number of halogens is 1. The van der Waals surface area contributed by atoms with Gasteiger partial charge in [0.15, 0.2) is 5.82 Å². The van der Waals surface area contributed by atoms with E-state index in [-0.39, 0.29) is 24.8 Å². The van der Waals surface area contributed by atoms with Crippen molar-refractivity contribution < 1.29 is 14.6 Å². The molecule has 0 saturated carbocycles. The monoisotopic (exact) mass is 465 g/mol. The number of ether oxygens (including phenoxy) is 1. The van der Waals surface area contributed by atoms with E-state index in [1.807, 2.05) is 22.8 Å². The lowest BCUT2D eigenvalue weighted by atomic mass is 9.83. The van der Waals surface area contributed by atoms with Crippen molar-refractivity contribution in [2.45, 2.75) is 44.6 Å². The summed E-state index contributed by atoms with van der Waals surface area (Å²) in [4.78, 5) is 15.4. The maximum absolute atomic E-state index is 11.8. The largest absolute Gasteiger partial charge is 0.465 e. The van der Waals surface area contributed by atoms with Crippen LogP contribution in [0.5, 0.6) is 0 Å². The van der Waals surface area contributed by atoms with Crippen LogP contribution in [0.1, 0.15) is 48.4 Å². The van der Waals surface area contributed by atoms with Crippen LogP contribution in [0.2, 0.25) is 5.02 Å². The van der Waals surface area contributed by atoms with E-state index in [2.05, 4.69) is 46.3 Å². The van der Waals surface area contributed by atoms with E-state index in [0.29, 0.717) is 10.8 Å². The summed E-state index contributed by atoms with van der Waals surface area (Å²) in [5.41, 5.74) is 4.02. The van der Waals surface area contributed by atoms with Gasteiger partial charge in [-0.05, 0) is 54.7 Å². The van der Waals surface area contributed by atoms with Crippen molar-refractivity contribution in [2.24, 2.45) is 0 Å². The highest BCUT2D eigenvalue weighted by atomic mass is 35.5. The zero-order chi connectivity index (χ0) is 22.7. The van der Waals surface area contributed by atoms with Crippen molar-refractivity contribution in [1.29, 1.82) is 0 Å². The summed E-state index contributed by atoms with van der Waals surface area (Å²) in [6, 6.07) is 14.1. The summed E-state index contributed by atoms with van der Waals surface area (Å²) >= 11 is 6.24. The first-order valence-corrected chi connectivity index (χ1v) is 11.6. The topological polar surface area (TPSA) is 83.7 Å². The molecule has 1 N–H and O–H groups in total. The van der Waals surface area contributed by atoms with E-state index in [1.54, 1.807) is 0 Å². The molecule has 2 aromatic carbocycles. The highest BCUT2D eigenvalue weighted by Gasteiger charge is 2.46. The minimum Gasteiger partial charge on any atom is -0.465 e. The van der Waals surface area contributed by atoms with Gasteiger partial charge in [0.25, 0.3) is 0 Å². The third-order valence-corrected chi connectivity index (χ3v) is 7.34. The number of hydrogen-bond acceptors (Lipinski definition) is 5. The Hall–Kier alpha value is -3.10. The molecule has 6 rings (SSSR count). The van der Waals surface area contributed by atoms with Crippen molar-refractivity contribution in [1.82, 2.24) is 19.7 Å². The molecule has 4 heterocycles. The maximum atomic E-state index is 11.8. The van der Waals surface area contributed by atoms with Crippen LogP contribution in [-0.4, -0.2) is 44.0 Å². The van der Waals surface area contributed by atoms with Crippen LogP contribution in [0.4, 0.5) is 10.7 Å². The summed E-state index contributed by atoms with van der Waals surface area (Å²) in [6.07, 6.45) is 0.803. The van der Waals surface area contributed by atoms with E-state index >= 15 is 0 Å². The molecular formula is C24H24ClN5O3. The third kappa shape index (κ3) is 3.20. The van der Waals surface area contributed by atoms with Crippen LogP contribution in [-0.2, 0) is 23.4 Å². The first-order valence-electron chi connectivity index (χ1n) is 11.2. The molecule has 170 valence electrons. The van der Waals surface area contributed by atoms with Crippen molar-refractivity contribution >= 4 is 23.6 Å². The molecule has 1 amide bonds. The van der Waals surface area contributed by atoms with Gasteiger partial charge >= 0.3 is 6.09 Å². The smallest absolute Gasteiger partial charge is 0.408 e. The first kappa shape index (κ1) is 20.5. The van der Waals surface area contributed by atoms with E-state index in [9.17, 15) is 9.90 Å². The van der Waals surface area contributed by atoms with E-state index in [4.69, 9.17) is 16.3 Å². The Balaban J connectivity index is 1.35. The molecule has 0 bridgehead atoms. The van der Waals surface area contributed by atoms with Gasteiger partial charge in [0.1, 0.15) is 0 Å². The summed E-state index contributed by atoms with van der Waals surface area (Å²) in [7, 11) is 0. The van der Waals surface area contributed by atoms with Crippen LogP contribution in [0.25, 0.3) is 5.69 Å². The molecule has 3 aromatic rings. The number of carbonyl (C=O) groups is 1. The van der Waals surface area contributed by atoms with Crippen LogP contribution < -0.4 is 4.90 Å². The second kappa shape index (κ2) is 7.46. The van der Waals surface area contributed by atoms with Crippen molar-refractivity contribution in [3.8, 4) is 5.69 Å². The van der Waals surface area contributed by atoms with Gasteiger partial charge in [0.2, 0.25) is 5.95 Å². The van der Waals surface area contributed by atoms with Crippen LogP contribution in [0.15, 0.2) is 42.5 Å². The molecule has 3 aliphatic heterocycles. The molecule has 8 nitrogen and oxygen atoms in total.